The second-order valence-electron chi connectivity index (χ2n) is 5.01. The molecular weight excluding hydrogens is 240 g/mol. The molecule has 0 heterocycles. The van der Waals surface area contributed by atoms with Gasteiger partial charge in [-0.25, -0.2) is 0 Å². The average molecular weight is 262 g/mol. The zero-order valence-corrected chi connectivity index (χ0v) is 11.4. The number of nitrogens with one attached hydrogen (secondary N) is 2. The van der Waals surface area contributed by atoms with Gasteiger partial charge in [-0.2, -0.15) is 0 Å². The van der Waals surface area contributed by atoms with Crippen LogP contribution in [0.1, 0.15) is 25.7 Å². The second-order valence-corrected chi connectivity index (χ2v) is 5.01. The number of benzene rings is 1. The molecule has 19 heavy (non-hydrogen) atoms. The Balaban J connectivity index is 1.68. The summed E-state index contributed by atoms with van der Waals surface area (Å²) in [6.45, 7) is 1.27. The molecule has 1 amide bonds. The lowest BCUT2D eigenvalue weighted by Gasteiger charge is -2.25. The SMILES string of the molecule is COc1ccccc1NC(=O)CNCCC1CCC1. The van der Waals surface area contributed by atoms with Gasteiger partial charge >= 0.3 is 0 Å². The molecule has 4 heteroatoms. The van der Waals surface area contributed by atoms with E-state index in [9.17, 15) is 4.79 Å². The lowest BCUT2D eigenvalue weighted by atomic mass is 9.83. The predicted molar refractivity (Wildman–Crippen MR) is 76.5 cm³/mol. The van der Waals surface area contributed by atoms with E-state index in [0.29, 0.717) is 12.3 Å². The van der Waals surface area contributed by atoms with E-state index < -0.39 is 0 Å². The molecule has 1 aliphatic carbocycles. The Morgan fingerprint density at radius 1 is 1.37 bits per heavy atom. The van der Waals surface area contributed by atoms with E-state index in [1.54, 1.807) is 7.11 Å². The van der Waals surface area contributed by atoms with Crippen molar-refractivity contribution >= 4 is 11.6 Å². The molecule has 0 radical (unpaired) electrons. The van der Waals surface area contributed by atoms with Gasteiger partial charge in [-0.1, -0.05) is 31.4 Å². The molecule has 1 aromatic rings. The Morgan fingerprint density at radius 3 is 2.84 bits per heavy atom. The third-order valence-corrected chi connectivity index (χ3v) is 3.62. The van der Waals surface area contributed by atoms with Gasteiger partial charge in [-0.15, -0.1) is 0 Å². The fourth-order valence-electron chi connectivity index (χ4n) is 2.23. The van der Waals surface area contributed by atoms with Crippen molar-refractivity contribution in [1.29, 1.82) is 0 Å². The molecule has 2 rings (SSSR count). The molecule has 0 spiro atoms. The van der Waals surface area contributed by atoms with E-state index >= 15 is 0 Å². The maximum absolute atomic E-state index is 11.8. The monoisotopic (exact) mass is 262 g/mol. The van der Waals surface area contributed by atoms with Crippen LogP contribution in [0.4, 0.5) is 5.69 Å². The third-order valence-electron chi connectivity index (χ3n) is 3.62. The minimum absolute atomic E-state index is 0.0295. The number of anilines is 1. The summed E-state index contributed by atoms with van der Waals surface area (Å²) in [5, 5.41) is 6.04. The van der Waals surface area contributed by atoms with Gasteiger partial charge in [0, 0.05) is 0 Å². The molecule has 2 N–H and O–H groups in total. The van der Waals surface area contributed by atoms with Crippen molar-refractivity contribution in [1.82, 2.24) is 5.32 Å². The summed E-state index contributed by atoms with van der Waals surface area (Å²) in [4.78, 5) is 11.8. The number of hydrogen-bond donors (Lipinski definition) is 2. The van der Waals surface area contributed by atoms with Gasteiger partial charge in [0.1, 0.15) is 5.75 Å². The predicted octanol–water partition coefficient (Wildman–Crippen LogP) is 2.41. The first-order valence-electron chi connectivity index (χ1n) is 6.93. The zero-order valence-electron chi connectivity index (χ0n) is 11.4. The van der Waals surface area contributed by atoms with Crippen LogP contribution in [0.5, 0.6) is 5.75 Å². The summed E-state index contributed by atoms with van der Waals surface area (Å²) in [6, 6.07) is 7.43. The summed E-state index contributed by atoms with van der Waals surface area (Å²) in [5.41, 5.74) is 0.718. The number of amides is 1. The fraction of sp³-hybridized carbons (Fsp3) is 0.533. The summed E-state index contributed by atoms with van der Waals surface area (Å²) < 4.78 is 5.19. The first kappa shape index (κ1) is 13.9. The number of hydrogen-bond acceptors (Lipinski definition) is 3. The van der Waals surface area contributed by atoms with E-state index in [1.165, 1.54) is 25.7 Å². The molecule has 0 aromatic heterocycles. The Labute approximate surface area is 114 Å². The summed E-state index contributed by atoms with van der Waals surface area (Å²) in [7, 11) is 1.60. The summed E-state index contributed by atoms with van der Waals surface area (Å²) >= 11 is 0. The highest BCUT2D eigenvalue weighted by Crippen LogP contribution is 2.28. The third kappa shape index (κ3) is 4.24. The molecule has 0 unspecified atom stereocenters. The average Bonchev–Trinajstić information content (AvgIpc) is 2.37. The number of ether oxygens (including phenoxy) is 1. The van der Waals surface area contributed by atoms with Crippen LogP contribution in [-0.2, 0) is 4.79 Å². The zero-order chi connectivity index (χ0) is 13.5. The fourth-order valence-corrected chi connectivity index (χ4v) is 2.23. The highest BCUT2D eigenvalue weighted by molar-refractivity contribution is 5.93. The Morgan fingerprint density at radius 2 is 2.16 bits per heavy atom. The van der Waals surface area contributed by atoms with E-state index in [4.69, 9.17) is 4.74 Å². The highest BCUT2D eigenvalue weighted by Gasteiger charge is 2.16. The minimum atomic E-state index is -0.0295. The quantitative estimate of drug-likeness (QED) is 0.742. The Kier molecular flexibility index (Phi) is 5.21. The number of methoxy groups -OCH3 is 1. The van der Waals surface area contributed by atoms with Crippen molar-refractivity contribution in [3.8, 4) is 5.75 Å². The lowest BCUT2D eigenvalue weighted by Crippen LogP contribution is -2.30. The van der Waals surface area contributed by atoms with Crippen molar-refractivity contribution in [2.45, 2.75) is 25.7 Å². The summed E-state index contributed by atoms with van der Waals surface area (Å²) in [6.07, 6.45) is 5.27. The van der Waals surface area contributed by atoms with Crippen LogP contribution in [0.3, 0.4) is 0 Å². The normalized spacial score (nSPS) is 14.8. The van der Waals surface area contributed by atoms with Crippen LogP contribution in [-0.4, -0.2) is 26.1 Å². The first-order valence-corrected chi connectivity index (χ1v) is 6.93. The molecule has 0 atom stereocenters. The molecule has 0 bridgehead atoms. The number of rotatable bonds is 7. The molecular formula is C15H22N2O2. The van der Waals surface area contributed by atoms with E-state index in [-0.39, 0.29) is 5.91 Å². The van der Waals surface area contributed by atoms with E-state index in [1.807, 2.05) is 24.3 Å². The molecule has 0 aliphatic heterocycles. The molecule has 1 saturated carbocycles. The van der Waals surface area contributed by atoms with Crippen LogP contribution < -0.4 is 15.4 Å². The number of para-hydroxylation sites is 2. The van der Waals surface area contributed by atoms with Crippen molar-refractivity contribution in [2.24, 2.45) is 5.92 Å². The van der Waals surface area contributed by atoms with Crippen molar-refractivity contribution in [3.63, 3.8) is 0 Å². The van der Waals surface area contributed by atoms with Crippen molar-refractivity contribution in [3.05, 3.63) is 24.3 Å². The van der Waals surface area contributed by atoms with Crippen LogP contribution in [0, 0.1) is 5.92 Å². The van der Waals surface area contributed by atoms with Crippen LogP contribution >= 0.6 is 0 Å². The van der Waals surface area contributed by atoms with Gasteiger partial charge in [0.05, 0.1) is 19.3 Å². The van der Waals surface area contributed by atoms with Crippen LogP contribution in [0.2, 0.25) is 0 Å². The van der Waals surface area contributed by atoms with E-state index in [0.717, 1.165) is 18.2 Å². The second kappa shape index (κ2) is 7.14. The van der Waals surface area contributed by atoms with E-state index in [2.05, 4.69) is 10.6 Å². The standard InChI is InChI=1S/C15H22N2O2/c1-19-14-8-3-2-7-13(14)17-15(18)11-16-10-9-12-5-4-6-12/h2-3,7-8,12,16H,4-6,9-11H2,1H3,(H,17,18). The first-order chi connectivity index (χ1) is 9.29. The lowest BCUT2D eigenvalue weighted by molar-refractivity contribution is -0.115. The van der Waals surface area contributed by atoms with Crippen LogP contribution in [0.15, 0.2) is 24.3 Å². The largest absolute Gasteiger partial charge is 0.495 e. The molecule has 1 aromatic carbocycles. The van der Waals surface area contributed by atoms with Gasteiger partial charge in [-0.3, -0.25) is 4.79 Å². The molecule has 0 saturated heterocycles. The molecule has 104 valence electrons. The molecule has 4 nitrogen and oxygen atoms in total. The van der Waals surface area contributed by atoms with Crippen LogP contribution in [0.25, 0.3) is 0 Å². The van der Waals surface area contributed by atoms with Crippen molar-refractivity contribution < 1.29 is 9.53 Å². The summed E-state index contributed by atoms with van der Waals surface area (Å²) in [5.74, 6) is 1.54. The maximum atomic E-state index is 11.8. The van der Waals surface area contributed by atoms with Gasteiger partial charge in [-0.05, 0) is 31.0 Å². The van der Waals surface area contributed by atoms with Gasteiger partial charge in [0.15, 0.2) is 0 Å². The van der Waals surface area contributed by atoms with Gasteiger partial charge in [0.25, 0.3) is 0 Å². The highest BCUT2D eigenvalue weighted by atomic mass is 16.5. The smallest absolute Gasteiger partial charge is 0.238 e. The number of carbonyl (C=O) groups excluding carboxylic acids is 1. The molecule has 1 fully saturated rings. The topological polar surface area (TPSA) is 50.4 Å². The maximum Gasteiger partial charge on any atom is 0.238 e. The minimum Gasteiger partial charge on any atom is -0.495 e. The van der Waals surface area contributed by atoms with Crippen molar-refractivity contribution in [2.75, 3.05) is 25.5 Å². The van der Waals surface area contributed by atoms with Gasteiger partial charge in [0.2, 0.25) is 5.91 Å². The number of carbonyl (C=O) groups is 1. The van der Waals surface area contributed by atoms with Gasteiger partial charge < -0.3 is 15.4 Å². The molecule has 1 aliphatic rings. The Hall–Kier alpha value is -1.55. The Bertz CT molecular complexity index is 416.